The Bertz CT molecular complexity index is 742. The zero-order chi connectivity index (χ0) is 19.3. The van der Waals surface area contributed by atoms with Crippen LogP contribution in [0, 0.1) is 5.92 Å². The van der Waals surface area contributed by atoms with Gasteiger partial charge in [-0.1, -0.05) is 36.6 Å². The molecule has 2 aliphatic rings. The largest absolute Gasteiger partial charge is 0.368 e. The van der Waals surface area contributed by atoms with E-state index in [1.807, 2.05) is 24.3 Å². The van der Waals surface area contributed by atoms with E-state index in [0.717, 1.165) is 18.5 Å². The monoisotopic (exact) mass is 413 g/mol. The number of anilines is 1. The Morgan fingerprint density at radius 2 is 1.78 bits per heavy atom. The molecule has 8 heteroatoms. The van der Waals surface area contributed by atoms with E-state index in [1.54, 1.807) is 0 Å². The molecule has 0 spiro atoms. The summed E-state index contributed by atoms with van der Waals surface area (Å²) < 4.78 is 26.6. The van der Waals surface area contributed by atoms with Gasteiger partial charge in [0.15, 0.2) is 0 Å². The Labute approximate surface area is 166 Å². The van der Waals surface area contributed by atoms with Gasteiger partial charge in [0.1, 0.15) is 0 Å². The first-order chi connectivity index (χ1) is 13.0. The standard InChI is InChI=1S/C19H28ClN3O3S/c20-17-7-3-4-8-18(17)22-10-12-23(13-11-22)27(25,26)14-9-21-19(24)15-16-5-1-2-6-16/h3-4,7-8,16H,1-2,5-6,9-15H2,(H,21,24). The molecule has 1 aliphatic heterocycles. The fraction of sp³-hybridized carbons (Fsp3) is 0.632. The second-order valence-electron chi connectivity index (χ2n) is 7.36. The van der Waals surface area contributed by atoms with Crippen molar-refractivity contribution in [3.05, 3.63) is 29.3 Å². The van der Waals surface area contributed by atoms with Crippen molar-refractivity contribution in [1.29, 1.82) is 0 Å². The van der Waals surface area contributed by atoms with Crippen LogP contribution in [0.5, 0.6) is 0 Å². The molecule has 150 valence electrons. The van der Waals surface area contributed by atoms with Crippen molar-refractivity contribution in [3.8, 4) is 0 Å². The lowest BCUT2D eigenvalue weighted by Crippen LogP contribution is -2.50. The lowest BCUT2D eigenvalue weighted by atomic mass is 10.0. The van der Waals surface area contributed by atoms with Crippen LogP contribution in [0.3, 0.4) is 0 Å². The van der Waals surface area contributed by atoms with E-state index in [2.05, 4.69) is 10.2 Å². The number of hydrogen-bond donors (Lipinski definition) is 1. The van der Waals surface area contributed by atoms with Gasteiger partial charge in [0.2, 0.25) is 15.9 Å². The van der Waals surface area contributed by atoms with Gasteiger partial charge in [0.25, 0.3) is 0 Å². The number of carbonyl (C=O) groups is 1. The molecule has 27 heavy (non-hydrogen) atoms. The van der Waals surface area contributed by atoms with Crippen molar-refractivity contribution in [3.63, 3.8) is 0 Å². The Balaban J connectivity index is 1.43. The zero-order valence-electron chi connectivity index (χ0n) is 15.6. The highest BCUT2D eigenvalue weighted by Crippen LogP contribution is 2.27. The van der Waals surface area contributed by atoms with Crippen molar-refractivity contribution in [2.24, 2.45) is 5.92 Å². The summed E-state index contributed by atoms with van der Waals surface area (Å²) in [6.45, 7) is 2.26. The summed E-state index contributed by atoms with van der Waals surface area (Å²) in [4.78, 5) is 14.1. The van der Waals surface area contributed by atoms with Gasteiger partial charge in [-0.05, 0) is 30.9 Å². The minimum absolute atomic E-state index is 0.0272. The van der Waals surface area contributed by atoms with Crippen LogP contribution in [-0.4, -0.2) is 57.1 Å². The van der Waals surface area contributed by atoms with Gasteiger partial charge in [0, 0.05) is 39.1 Å². The summed E-state index contributed by atoms with van der Waals surface area (Å²) in [6.07, 6.45) is 5.15. The molecule has 0 aromatic heterocycles. The van der Waals surface area contributed by atoms with Crippen molar-refractivity contribution in [1.82, 2.24) is 9.62 Å². The summed E-state index contributed by atoms with van der Waals surface area (Å²) in [5, 5.41) is 3.45. The number of carbonyl (C=O) groups excluding carboxylic acids is 1. The van der Waals surface area contributed by atoms with Crippen LogP contribution < -0.4 is 10.2 Å². The van der Waals surface area contributed by atoms with Crippen molar-refractivity contribution < 1.29 is 13.2 Å². The molecule has 1 saturated heterocycles. The van der Waals surface area contributed by atoms with Crippen LogP contribution in [0.2, 0.25) is 5.02 Å². The third-order valence-corrected chi connectivity index (χ3v) is 7.65. The number of piperazine rings is 1. The predicted octanol–water partition coefficient (Wildman–Crippen LogP) is 2.49. The molecule has 0 unspecified atom stereocenters. The summed E-state index contributed by atoms with van der Waals surface area (Å²) in [6, 6.07) is 7.60. The van der Waals surface area contributed by atoms with Crippen LogP contribution in [0.1, 0.15) is 32.1 Å². The molecule has 1 N–H and O–H groups in total. The zero-order valence-corrected chi connectivity index (χ0v) is 17.1. The molecule has 2 fully saturated rings. The quantitative estimate of drug-likeness (QED) is 0.745. The van der Waals surface area contributed by atoms with E-state index in [4.69, 9.17) is 11.6 Å². The number of amides is 1. The molecule has 1 saturated carbocycles. The van der Waals surface area contributed by atoms with Crippen LogP contribution in [0.15, 0.2) is 24.3 Å². The molecule has 1 amide bonds. The van der Waals surface area contributed by atoms with Gasteiger partial charge in [-0.25, -0.2) is 8.42 Å². The second kappa shape index (κ2) is 9.26. The number of hydrogen-bond acceptors (Lipinski definition) is 4. The first kappa shape index (κ1) is 20.4. The number of benzene rings is 1. The van der Waals surface area contributed by atoms with E-state index < -0.39 is 10.0 Å². The maximum Gasteiger partial charge on any atom is 0.220 e. The fourth-order valence-corrected chi connectivity index (χ4v) is 5.51. The molecular formula is C19H28ClN3O3S. The van der Waals surface area contributed by atoms with E-state index in [1.165, 1.54) is 17.1 Å². The number of rotatable bonds is 7. The molecule has 0 radical (unpaired) electrons. The number of sulfonamides is 1. The maximum absolute atomic E-state index is 12.6. The lowest BCUT2D eigenvalue weighted by Gasteiger charge is -2.35. The molecule has 1 aliphatic carbocycles. The summed E-state index contributed by atoms with van der Waals surface area (Å²) >= 11 is 6.23. The number of halogens is 1. The highest BCUT2D eigenvalue weighted by molar-refractivity contribution is 7.89. The average molecular weight is 414 g/mol. The number of para-hydroxylation sites is 1. The van der Waals surface area contributed by atoms with Gasteiger partial charge < -0.3 is 10.2 Å². The number of nitrogens with zero attached hydrogens (tertiary/aromatic N) is 2. The van der Waals surface area contributed by atoms with E-state index in [9.17, 15) is 13.2 Å². The first-order valence-corrected chi connectivity index (χ1v) is 11.7. The van der Waals surface area contributed by atoms with Crippen molar-refractivity contribution in [2.75, 3.05) is 43.4 Å². The second-order valence-corrected chi connectivity index (χ2v) is 9.85. The fourth-order valence-electron chi connectivity index (χ4n) is 3.91. The average Bonchev–Trinajstić information content (AvgIpc) is 3.15. The molecule has 1 aromatic carbocycles. The normalized spacial score (nSPS) is 19.4. The topological polar surface area (TPSA) is 69.7 Å². The van der Waals surface area contributed by atoms with Gasteiger partial charge >= 0.3 is 0 Å². The predicted molar refractivity (Wildman–Crippen MR) is 109 cm³/mol. The minimum Gasteiger partial charge on any atom is -0.368 e. The van der Waals surface area contributed by atoms with Crippen LogP contribution in [0.25, 0.3) is 0 Å². The van der Waals surface area contributed by atoms with E-state index >= 15 is 0 Å². The van der Waals surface area contributed by atoms with Crippen LogP contribution >= 0.6 is 11.6 Å². The lowest BCUT2D eigenvalue weighted by molar-refractivity contribution is -0.121. The summed E-state index contributed by atoms with van der Waals surface area (Å²) in [5.74, 6) is 0.398. The van der Waals surface area contributed by atoms with E-state index in [0.29, 0.717) is 43.5 Å². The SMILES string of the molecule is O=C(CC1CCCC1)NCCS(=O)(=O)N1CCN(c2ccccc2Cl)CC1. The van der Waals surface area contributed by atoms with Crippen molar-refractivity contribution in [2.45, 2.75) is 32.1 Å². The molecule has 0 atom stereocenters. The Morgan fingerprint density at radius 1 is 1.11 bits per heavy atom. The highest BCUT2D eigenvalue weighted by atomic mass is 35.5. The minimum atomic E-state index is -3.36. The van der Waals surface area contributed by atoms with Crippen LogP contribution in [-0.2, 0) is 14.8 Å². The third kappa shape index (κ3) is 5.59. The van der Waals surface area contributed by atoms with Crippen LogP contribution in [0.4, 0.5) is 5.69 Å². The molecule has 1 aromatic rings. The van der Waals surface area contributed by atoms with Gasteiger partial charge in [-0.15, -0.1) is 0 Å². The Hall–Kier alpha value is -1.31. The van der Waals surface area contributed by atoms with Crippen molar-refractivity contribution >= 4 is 33.2 Å². The smallest absolute Gasteiger partial charge is 0.220 e. The molecular weight excluding hydrogens is 386 g/mol. The van der Waals surface area contributed by atoms with Gasteiger partial charge in [-0.2, -0.15) is 4.31 Å². The number of nitrogens with one attached hydrogen (secondary N) is 1. The molecule has 0 bridgehead atoms. The molecule has 3 rings (SSSR count). The highest BCUT2D eigenvalue weighted by Gasteiger charge is 2.27. The Kier molecular flexibility index (Phi) is 7.00. The molecule has 6 nitrogen and oxygen atoms in total. The summed E-state index contributed by atoms with van der Waals surface area (Å²) in [5.41, 5.74) is 0.940. The Morgan fingerprint density at radius 3 is 2.44 bits per heavy atom. The van der Waals surface area contributed by atoms with E-state index in [-0.39, 0.29) is 18.2 Å². The molecule has 1 heterocycles. The third-order valence-electron chi connectivity index (χ3n) is 5.46. The van der Waals surface area contributed by atoms with Gasteiger partial charge in [0.05, 0.1) is 16.5 Å². The maximum atomic E-state index is 12.6. The first-order valence-electron chi connectivity index (χ1n) is 9.70. The summed E-state index contributed by atoms with van der Waals surface area (Å²) in [7, 11) is -3.36. The van der Waals surface area contributed by atoms with Gasteiger partial charge in [-0.3, -0.25) is 4.79 Å².